The molecule has 1 aromatic carbocycles. The van der Waals surface area contributed by atoms with Gasteiger partial charge in [-0.2, -0.15) is 10.5 Å². The molecule has 0 aliphatic heterocycles. The summed E-state index contributed by atoms with van der Waals surface area (Å²) >= 11 is 0. The van der Waals surface area contributed by atoms with Gasteiger partial charge in [0, 0.05) is 6.04 Å². The van der Waals surface area contributed by atoms with Gasteiger partial charge in [-0.25, -0.2) is 13.1 Å². The lowest BCUT2D eigenvalue weighted by atomic mass is 10.1. The summed E-state index contributed by atoms with van der Waals surface area (Å²) in [6.45, 7) is 0. The van der Waals surface area contributed by atoms with Crippen LogP contribution in [0.3, 0.4) is 0 Å². The van der Waals surface area contributed by atoms with Crippen molar-refractivity contribution in [1.29, 1.82) is 5.26 Å². The molecule has 1 aliphatic rings. The summed E-state index contributed by atoms with van der Waals surface area (Å²) in [7, 11) is -3.82. The Balaban J connectivity index is 1.52. The monoisotopic (exact) mass is 356 g/mol. The maximum absolute atomic E-state index is 12.5. The van der Waals surface area contributed by atoms with E-state index in [1.54, 1.807) is 12.1 Å². The number of nitriles is 1. The molecule has 2 N–H and O–H groups in total. The summed E-state index contributed by atoms with van der Waals surface area (Å²) in [5, 5.41) is 21.9. The summed E-state index contributed by atoms with van der Waals surface area (Å²) < 4.78 is 33.0. The number of benzene rings is 1. The second kappa shape index (κ2) is 5.80. The Morgan fingerprint density at radius 3 is 2.84 bits per heavy atom. The number of hydrogen-bond donors (Lipinski definition) is 2. The lowest BCUT2D eigenvalue weighted by Crippen LogP contribution is -2.35. The largest absolute Gasteiger partial charge is 0.440 e. The lowest BCUT2D eigenvalue weighted by molar-refractivity contribution is 0.449. The molecule has 0 saturated carbocycles. The van der Waals surface area contributed by atoms with Crippen LogP contribution < -0.4 is 4.72 Å². The third kappa shape index (κ3) is 2.90. The maximum atomic E-state index is 12.5. The molecule has 1 aliphatic carbocycles. The van der Waals surface area contributed by atoms with Gasteiger partial charge in [0.1, 0.15) is 0 Å². The number of rotatable bonds is 4. The van der Waals surface area contributed by atoms with Gasteiger partial charge in [-0.15, -0.1) is 10.2 Å². The highest BCUT2D eigenvalue weighted by atomic mass is 32.2. The molecule has 2 aromatic heterocycles. The predicted molar refractivity (Wildman–Crippen MR) is 84.6 cm³/mol. The summed E-state index contributed by atoms with van der Waals surface area (Å²) in [5.74, 6) is 0.390. The molecule has 4 rings (SSSR count). The minimum atomic E-state index is -3.82. The molecular weight excluding hydrogens is 344 g/mol. The first-order valence-corrected chi connectivity index (χ1v) is 8.91. The van der Waals surface area contributed by atoms with Crippen molar-refractivity contribution in [3.8, 4) is 17.7 Å². The van der Waals surface area contributed by atoms with Gasteiger partial charge in [-0.1, -0.05) is 6.07 Å². The van der Waals surface area contributed by atoms with Crippen LogP contribution >= 0.6 is 0 Å². The number of fused-ring (bicyclic) bond motifs is 1. The zero-order valence-corrected chi connectivity index (χ0v) is 13.6. The molecular formula is C15H12N6O3S. The van der Waals surface area contributed by atoms with Crippen LogP contribution in [-0.2, 0) is 22.9 Å². The normalized spacial score (nSPS) is 16.5. The molecule has 0 saturated heterocycles. The van der Waals surface area contributed by atoms with Crippen molar-refractivity contribution in [2.75, 3.05) is 0 Å². The second-order valence-electron chi connectivity index (χ2n) is 5.68. The van der Waals surface area contributed by atoms with Gasteiger partial charge < -0.3 is 4.42 Å². The highest BCUT2D eigenvalue weighted by molar-refractivity contribution is 7.89. The molecule has 0 spiro atoms. The van der Waals surface area contributed by atoms with Crippen LogP contribution in [0.1, 0.15) is 16.7 Å². The maximum Gasteiger partial charge on any atom is 0.274 e. The Hall–Kier alpha value is -3.03. The van der Waals surface area contributed by atoms with Crippen LogP contribution in [0.5, 0.6) is 0 Å². The van der Waals surface area contributed by atoms with Gasteiger partial charge in [-0.3, -0.25) is 0 Å². The Labute approximate surface area is 142 Å². The molecule has 10 heteroatoms. The van der Waals surface area contributed by atoms with Crippen LogP contribution in [0.4, 0.5) is 0 Å². The fourth-order valence-corrected chi connectivity index (χ4v) is 4.07. The molecule has 2 heterocycles. The first-order valence-electron chi connectivity index (χ1n) is 7.43. The predicted octanol–water partition coefficient (Wildman–Crippen LogP) is 0.777. The topological polar surface area (TPSA) is 138 Å². The van der Waals surface area contributed by atoms with Crippen LogP contribution in [-0.4, -0.2) is 35.1 Å². The van der Waals surface area contributed by atoms with E-state index in [2.05, 4.69) is 31.4 Å². The molecule has 1 atom stereocenters. The summed E-state index contributed by atoms with van der Waals surface area (Å²) in [4.78, 5) is 0. The van der Waals surface area contributed by atoms with Crippen LogP contribution in [0, 0.1) is 11.3 Å². The number of nitrogens with one attached hydrogen (secondary N) is 2. The zero-order valence-electron chi connectivity index (χ0n) is 12.8. The van der Waals surface area contributed by atoms with Crippen molar-refractivity contribution in [3.63, 3.8) is 0 Å². The SMILES string of the molecule is N#Cc1ccc2c(c1)CC(NS(=O)(=O)c1ccc(-c3nn[nH]n3)o1)C2. The number of tetrazole rings is 1. The van der Waals surface area contributed by atoms with E-state index in [1.807, 2.05) is 6.07 Å². The van der Waals surface area contributed by atoms with Gasteiger partial charge >= 0.3 is 0 Å². The van der Waals surface area contributed by atoms with E-state index in [4.69, 9.17) is 9.68 Å². The quantitative estimate of drug-likeness (QED) is 0.704. The third-order valence-corrected chi connectivity index (χ3v) is 5.39. The molecule has 0 bridgehead atoms. The van der Waals surface area contributed by atoms with Crippen LogP contribution in [0.2, 0.25) is 0 Å². The number of aromatic amines is 1. The average molecular weight is 356 g/mol. The number of sulfonamides is 1. The van der Waals surface area contributed by atoms with E-state index < -0.39 is 10.0 Å². The summed E-state index contributed by atoms with van der Waals surface area (Å²) in [6, 6.07) is 10.0. The number of nitrogens with zero attached hydrogens (tertiary/aromatic N) is 4. The van der Waals surface area contributed by atoms with Crippen molar-refractivity contribution >= 4 is 10.0 Å². The smallest absolute Gasteiger partial charge is 0.274 e. The van der Waals surface area contributed by atoms with Crippen molar-refractivity contribution in [3.05, 3.63) is 47.0 Å². The standard InChI is InChI=1S/C15H12N6O3S/c16-8-9-1-2-10-6-12(7-11(10)5-9)19-25(22,23)14-4-3-13(24-14)15-17-20-21-18-15/h1-5,12,19H,6-7H2,(H,17,18,20,21). The Bertz CT molecular complexity index is 1070. The minimum absolute atomic E-state index is 0.179. The number of furan rings is 1. The Morgan fingerprint density at radius 1 is 1.24 bits per heavy atom. The van der Waals surface area contributed by atoms with Gasteiger partial charge in [0.2, 0.25) is 10.9 Å². The summed E-state index contributed by atoms with van der Waals surface area (Å²) in [6.07, 6.45) is 1.10. The summed E-state index contributed by atoms with van der Waals surface area (Å²) in [5.41, 5.74) is 2.59. The van der Waals surface area contributed by atoms with E-state index in [9.17, 15) is 8.42 Å². The molecule has 0 fully saturated rings. The molecule has 0 radical (unpaired) electrons. The van der Waals surface area contributed by atoms with E-state index >= 15 is 0 Å². The first kappa shape index (κ1) is 15.5. The Morgan fingerprint density at radius 2 is 2.08 bits per heavy atom. The molecule has 0 amide bonds. The second-order valence-corrected chi connectivity index (χ2v) is 7.32. The number of H-pyrrole nitrogens is 1. The fraction of sp³-hybridized carbons (Fsp3) is 0.200. The van der Waals surface area contributed by atoms with E-state index in [1.165, 1.54) is 12.1 Å². The molecule has 9 nitrogen and oxygen atoms in total. The molecule has 126 valence electrons. The minimum Gasteiger partial charge on any atom is -0.440 e. The highest BCUT2D eigenvalue weighted by Crippen LogP contribution is 2.26. The first-order chi connectivity index (χ1) is 12.0. The Kier molecular flexibility index (Phi) is 3.60. The fourth-order valence-electron chi connectivity index (χ4n) is 2.90. The van der Waals surface area contributed by atoms with E-state index in [-0.39, 0.29) is 22.7 Å². The van der Waals surface area contributed by atoms with Crippen molar-refractivity contribution in [2.45, 2.75) is 24.0 Å². The number of aromatic nitrogens is 4. The molecule has 1 unspecified atom stereocenters. The molecule has 25 heavy (non-hydrogen) atoms. The number of hydrogen-bond acceptors (Lipinski definition) is 7. The average Bonchev–Trinajstić information content (AvgIpc) is 3.32. The molecule has 3 aromatic rings. The van der Waals surface area contributed by atoms with Crippen molar-refractivity contribution < 1.29 is 12.8 Å². The third-order valence-electron chi connectivity index (χ3n) is 4.00. The zero-order chi connectivity index (χ0) is 17.4. The van der Waals surface area contributed by atoms with Gasteiger partial charge in [0.15, 0.2) is 5.76 Å². The lowest BCUT2D eigenvalue weighted by Gasteiger charge is -2.10. The van der Waals surface area contributed by atoms with Gasteiger partial charge in [0.05, 0.1) is 11.6 Å². The van der Waals surface area contributed by atoms with Crippen LogP contribution in [0.25, 0.3) is 11.6 Å². The van der Waals surface area contributed by atoms with E-state index in [0.717, 1.165) is 11.1 Å². The highest BCUT2D eigenvalue weighted by Gasteiger charge is 2.29. The van der Waals surface area contributed by atoms with Crippen molar-refractivity contribution in [1.82, 2.24) is 25.3 Å². The van der Waals surface area contributed by atoms with Gasteiger partial charge in [0.25, 0.3) is 10.0 Å². The van der Waals surface area contributed by atoms with Crippen LogP contribution in [0.15, 0.2) is 39.8 Å². The van der Waals surface area contributed by atoms with Gasteiger partial charge in [-0.05, 0) is 53.4 Å². The van der Waals surface area contributed by atoms with E-state index in [0.29, 0.717) is 18.4 Å². The van der Waals surface area contributed by atoms with Crippen molar-refractivity contribution in [2.24, 2.45) is 0 Å².